The van der Waals surface area contributed by atoms with Crippen LogP contribution in [0.25, 0.3) is 0 Å². The Morgan fingerprint density at radius 3 is 1.23 bits per heavy atom. The van der Waals surface area contributed by atoms with Crippen LogP contribution in [0, 0.1) is 0 Å². The summed E-state index contributed by atoms with van der Waals surface area (Å²) in [6.45, 7) is 0. The van der Waals surface area contributed by atoms with Crippen LogP contribution in [0.15, 0.2) is 0 Å². The minimum absolute atomic E-state index is 0. The van der Waals surface area contributed by atoms with Crippen molar-refractivity contribution in [2.75, 3.05) is 0 Å². The summed E-state index contributed by atoms with van der Waals surface area (Å²) < 4.78 is 36.9. The van der Waals surface area contributed by atoms with Gasteiger partial charge in [-0.1, -0.05) is 0 Å². The van der Waals surface area contributed by atoms with Crippen LogP contribution in [-0.4, -0.2) is 102 Å². The summed E-state index contributed by atoms with van der Waals surface area (Å²) in [4.78, 5) is 15.9. The third kappa shape index (κ3) is 19.6. The topological polar surface area (TPSA) is 142 Å². The van der Waals surface area contributed by atoms with E-state index in [0.29, 0.717) is 0 Å². The van der Waals surface area contributed by atoms with Gasteiger partial charge in [-0.15, -0.1) is 0 Å². The fraction of sp³-hybridized carbons (Fsp3) is 0. The zero-order valence-electron chi connectivity index (χ0n) is 6.94. The maximum absolute atomic E-state index is 10.1. The van der Waals surface area contributed by atoms with E-state index in [2.05, 4.69) is 8.23 Å². The van der Waals surface area contributed by atoms with Gasteiger partial charge in [0, 0.05) is 59.1 Å². The standard InChI is InChI=1S/2Na.H2O7Si3.H2O/c;;1-8(2)6-10(5)7-9(3)4;/h;;1,3H;1H2. The van der Waals surface area contributed by atoms with E-state index in [1.54, 1.807) is 0 Å². The van der Waals surface area contributed by atoms with Crippen LogP contribution in [0.4, 0.5) is 0 Å². The zero-order chi connectivity index (χ0) is 8.15. The van der Waals surface area contributed by atoms with Crippen LogP contribution in [0.5, 0.6) is 0 Å². The third-order valence-electron chi connectivity index (χ3n) is 0.341. The molecule has 0 amide bonds. The molecule has 0 saturated heterocycles. The normalized spacial score (nSPS) is 6.15. The number of hydrogen-bond acceptors (Lipinski definition) is 5. The molecule has 0 saturated carbocycles. The molecule has 0 aliphatic heterocycles. The predicted molar refractivity (Wildman–Crippen MR) is 41.1 cm³/mol. The largest absolute Gasteiger partial charge is 0.758 e. The Labute approximate surface area is 122 Å². The molecule has 0 aliphatic carbocycles. The number of hydrogen-bond donors (Lipinski definition) is 2. The molecule has 0 fully saturated rings. The molecule has 0 atom stereocenters. The Morgan fingerprint density at radius 1 is 0.846 bits per heavy atom. The van der Waals surface area contributed by atoms with Gasteiger partial charge in [0.15, 0.2) is 0 Å². The molecule has 8 nitrogen and oxygen atoms in total. The van der Waals surface area contributed by atoms with Gasteiger partial charge in [0.2, 0.25) is 0 Å². The average molecular weight is 262 g/mol. The molecule has 4 N–H and O–H groups in total. The molecule has 0 heterocycles. The monoisotopic (exact) mass is 262 g/mol. The van der Waals surface area contributed by atoms with Gasteiger partial charge >= 0.3 is 27.5 Å². The Kier molecular flexibility index (Phi) is 24.2. The van der Waals surface area contributed by atoms with E-state index in [1.165, 1.54) is 0 Å². The maximum Gasteiger partial charge on any atom is 0.758 e. The SMILES string of the molecule is O.O=[Si](O)O[Si](=O)O[Si](=O)O.[Na].[Na]. The molecule has 0 aromatic heterocycles. The molecule has 0 aromatic rings. The summed E-state index contributed by atoms with van der Waals surface area (Å²) in [7, 11) is -9.98. The Bertz CT molecular complexity index is 160. The molecule has 66 valence electrons. The van der Waals surface area contributed by atoms with Gasteiger partial charge in [-0.2, -0.15) is 0 Å². The van der Waals surface area contributed by atoms with Gasteiger partial charge in [-0.05, 0) is 0 Å². The van der Waals surface area contributed by atoms with Crippen LogP contribution in [0.2, 0.25) is 0 Å². The predicted octanol–water partition coefficient (Wildman–Crippen LogP) is -4.34. The summed E-state index contributed by atoms with van der Waals surface area (Å²) in [5.41, 5.74) is 0. The average Bonchev–Trinajstić information content (AvgIpc) is 1.58. The molecule has 0 unspecified atom stereocenters. The van der Waals surface area contributed by atoms with Gasteiger partial charge in [-0.3, -0.25) is 13.4 Å². The van der Waals surface area contributed by atoms with E-state index in [0.717, 1.165) is 0 Å². The first-order valence-corrected chi connectivity index (χ1v) is 5.63. The van der Waals surface area contributed by atoms with Crippen LogP contribution in [-0.2, 0) is 21.6 Å². The molecule has 2 radical (unpaired) electrons. The van der Waals surface area contributed by atoms with Gasteiger partial charge < -0.3 is 23.3 Å². The second-order valence-corrected chi connectivity index (χ2v) is 4.18. The minimum atomic E-state index is -3.35. The van der Waals surface area contributed by atoms with Crippen molar-refractivity contribution in [3.63, 3.8) is 0 Å². The molecule has 0 rings (SSSR count). The molecule has 0 aliphatic rings. The minimum Gasteiger partial charge on any atom is -0.512 e. The second kappa shape index (κ2) is 13.2. The smallest absolute Gasteiger partial charge is 0.512 e. The van der Waals surface area contributed by atoms with Crippen molar-refractivity contribution in [1.82, 2.24) is 0 Å². The zero-order valence-corrected chi connectivity index (χ0v) is 13.9. The van der Waals surface area contributed by atoms with E-state index in [4.69, 9.17) is 9.59 Å². The van der Waals surface area contributed by atoms with Gasteiger partial charge in [-0.25, -0.2) is 0 Å². The van der Waals surface area contributed by atoms with Gasteiger partial charge in [0.05, 0.1) is 0 Å². The first-order valence-electron chi connectivity index (χ1n) is 1.88. The van der Waals surface area contributed by atoms with Crippen LogP contribution < -0.4 is 0 Å². The van der Waals surface area contributed by atoms with Crippen molar-refractivity contribution in [1.29, 1.82) is 0 Å². The molecule has 13 heteroatoms. The van der Waals surface area contributed by atoms with Crippen molar-refractivity contribution >= 4 is 86.6 Å². The van der Waals surface area contributed by atoms with Gasteiger partial charge in [0.25, 0.3) is 0 Å². The molecule has 0 bridgehead atoms. The van der Waals surface area contributed by atoms with Crippen LogP contribution in [0.1, 0.15) is 0 Å². The first kappa shape index (κ1) is 23.8. The maximum atomic E-state index is 10.1. The van der Waals surface area contributed by atoms with Crippen molar-refractivity contribution in [3.05, 3.63) is 0 Å². The van der Waals surface area contributed by atoms with Crippen molar-refractivity contribution in [2.45, 2.75) is 0 Å². The Balaban J connectivity index is -0.000000135. The summed E-state index contributed by atoms with van der Waals surface area (Å²) in [5.74, 6) is 0. The molecular weight excluding hydrogens is 258 g/mol. The summed E-state index contributed by atoms with van der Waals surface area (Å²) in [6.07, 6.45) is 0. The molecule has 13 heavy (non-hydrogen) atoms. The quantitative estimate of drug-likeness (QED) is 0.488. The van der Waals surface area contributed by atoms with E-state index in [1.807, 2.05) is 0 Å². The van der Waals surface area contributed by atoms with Crippen LogP contribution >= 0.6 is 0 Å². The van der Waals surface area contributed by atoms with Crippen molar-refractivity contribution in [3.8, 4) is 0 Å². The molecular formula is H4Na2O8Si3. The fourth-order valence-corrected chi connectivity index (χ4v) is 1.85. The Morgan fingerprint density at radius 2 is 1.08 bits per heavy atom. The Hall–Kier alpha value is 1.21. The first-order chi connectivity index (χ1) is 4.52. The third-order valence-corrected chi connectivity index (χ3v) is 3.07. The van der Waals surface area contributed by atoms with Crippen LogP contribution in [0.3, 0.4) is 0 Å². The summed E-state index contributed by atoms with van der Waals surface area (Å²) in [6, 6.07) is 0. The van der Waals surface area contributed by atoms with E-state index < -0.39 is 27.5 Å². The number of rotatable bonds is 4. The second-order valence-electron chi connectivity index (χ2n) is 0.986. The summed E-state index contributed by atoms with van der Waals surface area (Å²) >= 11 is 0. The van der Waals surface area contributed by atoms with Crippen molar-refractivity contribution < 1.29 is 36.7 Å². The van der Waals surface area contributed by atoms with E-state index in [9.17, 15) is 13.4 Å². The summed E-state index contributed by atoms with van der Waals surface area (Å²) in [5, 5.41) is 0. The van der Waals surface area contributed by atoms with Gasteiger partial charge in [0.1, 0.15) is 0 Å². The molecule has 0 aromatic carbocycles. The van der Waals surface area contributed by atoms with Crippen molar-refractivity contribution in [2.24, 2.45) is 0 Å². The fourth-order valence-electron chi connectivity index (χ4n) is 0.163. The van der Waals surface area contributed by atoms with E-state index >= 15 is 0 Å². The molecule has 0 spiro atoms. The van der Waals surface area contributed by atoms with E-state index in [-0.39, 0.29) is 64.6 Å².